The Kier molecular flexibility index (Phi) is 6.27. The second-order valence-corrected chi connectivity index (χ2v) is 8.29. The van der Waals surface area contributed by atoms with Crippen LogP contribution in [-0.4, -0.2) is 29.2 Å². The normalized spacial score (nSPS) is 15.9. The van der Waals surface area contributed by atoms with Gasteiger partial charge in [0.25, 0.3) is 5.91 Å². The number of carbonyl (C=O) groups excluding carboxylic acids is 1. The zero-order valence-corrected chi connectivity index (χ0v) is 17.5. The summed E-state index contributed by atoms with van der Waals surface area (Å²) >= 11 is 1.28. The smallest absolute Gasteiger partial charge is 0.390 e. The highest BCUT2D eigenvalue weighted by molar-refractivity contribution is 7.12. The van der Waals surface area contributed by atoms with Crippen molar-refractivity contribution in [1.29, 1.82) is 0 Å². The summed E-state index contributed by atoms with van der Waals surface area (Å²) in [7, 11) is 0. The van der Waals surface area contributed by atoms with Gasteiger partial charge in [0.1, 0.15) is 5.82 Å². The van der Waals surface area contributed by atoms with Crippen LogP contribution in [-0.2, 0) is 17.6 Å². The van der Waals surface area contributed by atoms with Gasteiger partial charge in [-0.2, -0.15) is 13.2 Å². The second kappa shape index (κ2) is 9.12. The van der Waals surface area contributed by atoms with Crippen LogP contribution in [0.15, 0.2) is 71.2 Å². The number of nitrogens with zero attached hydrogens (tertiary/aromatic N) is 2. The first-order chi connectivity index (χ1) is 15.3. The SMILES string of the molecule is O=C(c1cccs1)N(Cc1ccc(C(F)(F)F)cc1)CC1CC(c2cccc(F)c2)=NO1. The van der Waals surface area contributed by atoms with E-state index in [1.54, 1.807) is 29.6 Å². The van der Waals surface area contributed by atoms with Crippen LogP contribution in [0.25, 0.3) is 0 Å². The number of amides is 1. The summed E-state index contributed by atoms with van der Waals surface area (Å²) in [6.07, 6.45) is -4.50. The van der Waals surface area contributed by atoms with Crippen molar-refractivity contribution >= 4 is 23.0 Å². The first-order valence-corrected chi connectivity index (χ1v) is 10.6. The highest BCUT2D eigenvalue weighted by atomic mass is 32.1. The molecule has 32 heavy (non-hydrogen) atoms. The van der Waals surface area contributed by atoms with Crippen molar-refractivity contribution in [3.8, 4) is 0 Å². The maximum absolute atomic E-state index is 13.5. The van der Waals surface area contributed by atoms with E-state index in [-0.39, 0.29) is 24.8 Å². The highest BCUT2D eigenvalue weighted by Crippen LogP contribution is 2.29. The van der Waals surface area contributed by atoms with Gasteiger partial charge in [-0.05, 0) is 41.3 Å². The van der Waals surface area contributed by atoms with Crippen LogP contribution in [0.1, 0.15) is 32.8 Å². The van der Waals surface area contributed by atoms with E-state index in [0.717, 1.165) is 12.1 Å². The second-order valence-electron chi connectivity index (χ2n) is 7.34. The molecule has 166 valence electrons. The van der Waals surface area contributed by atoms with Crippen LogP contribution in [0, 0.1) is 5.82 Å². The number of benzene rings is 2. The minimum Gasteiger partial charge on any atom is -0.390 e. The summed E-state index contributed by atoms with van der Waals surface area (Å²) in [5.74, 6) is -0.631. The molecule has 4 nitrogen and oxygen atoms in total. The van der Waals surface area contributed by atoms with E-state index >= 15 is 0 Å². The summed E-state index contributed by atoms with van der Waals surface area (Å²) < 4.78 is 52.1. The Bertz CT molecular complexity index is 1110. The van der Waals surface area contributed by atoms with E-state index in [9.17, 15) is 22.4 Å². The van der Waals surface area contributed by atoms with Gasteiger partial charge in [0.15, 0.2) is 6.10 Å². The van der Waals surface area contributed by atoms with E-state index in [4.69, 9.17) is 4.84 Å². The third-order valence-electron chi connectivity index (χ3n) is 4.99. The van der Waals surface area contributed by atoms with Gasteiger partial charge in [-0.25, -0.2) is 4.39 Å². The molecule has 1 aliphatic heterocycles. The number of hydrogen-bond acceptors (Lipinski definition) is 4. The van der Waals surface area contributed by atoms with Gasteiger partial charge in [-0.15, -0.1) is 11.3 Å². The highest BCUT2D eigenvalue weighted by Gasteiger charge is 2.31. The molecule has 1 aromatic heterocycles. The van der Waals surface area contributed by atoms with Gasteiger partial charge in [0.05, 0.1) is 22.7 Å². The van der Waals surface area contributed by atoms with E-state index in [2.05, 4.69) is 5.16 Å². The largest absolute Gasteiger partial charge is 0.416 e. The maximum atomic E-state index is 13.5. The number of carbonyl (C=O) groups is 1. The summed E-state index contributed by atoms with van der Waals surface area (Å²) in [5.41, 5.74) is 0.996. The van der Waals surface area contributed by atoms with E-state index < -0.39 is 17.8 Å². The lowest BCUT2D eigenvalue weighted by Crippen LogP contribution is -2.37. The summed E-state index contributed by atoms with van der Waals surface area (Å²) in [6.45, 7) is 0.296. The van der Waals surface area contributed by atoms with Crippen molar-refractivity contribution in [2.75, 3.05) is 6.54 Å². The van der Waals surface area contributed by atoms with Gasteiger partial charge in [0.2, 0.25) is 0 Å². The molecule has 1 unspecified atom stereocenters. The van der Waals surface area contributed by atoms with Crippen LogP contribution in [0.2, 0.25) is 0 Å². The molecule has 0 saturated carbocycles. The first kappa shape index (κ1) is 22.0. The molecule has 9 heteroatoms. The molecule has 0 aliphatic carbocycles. The molecule has 0 fully saturated rings. The fourth-order valence-corrected chi connectivity index (χ4v) is 4.10. The Morgan fingerprint density at radius 3 is 2.56 bits per heavy atom. The van der Waals surface area contributed by atoms with Crippen molar-refractivity contribution in [3.63, 3.8) is 0 Å². The monoisotopic (exact) mass is 462 g/mol. The van der Waals surface area contributed by atoms with E-state index in [0.29, 0.717) is 28.1 Å². The molecule has 0 spiro atoms. The van der Waals surface area contributed by atoms with Crippen LogP contribution >= 0.6 is 11.3 Å². The number of hydrogen-bond donors (Lipinski definition) is 0. The third-order valence-corrected chi connectivity index (χ3v) is 5.85. The molecule has 3 aromatic rings. The van der Waals surface area contributed by atoms with Crippen molar-refractivity contribution in [1.82, 2.24) is 4.90 Å². The summed E-state index contributed by atoms with van der Waals surface area (Å²) in [6, 6.07) is 14.2. The lowest BCUT2D eigenvalue weighted by atomic mass is 10.0. The zero-order chi connectivity index (χ0) is 22.7. The quantitative estimate of drug-likeness (QED) is 0.439. The molecule has 1 aliphatic rings. The average Bonchev–Trinajstić information content (AvgIpc) is 3.45. The van der Waals surface area contributed by atoms with Crippen molar-refractivity contribution in [2.45, 2.75) is 25.2 Å². The molecule has 2 heterocycles. The Morgan fingerprint density at radius 1 is 1.12 bits per heavy atom. The molecule has 0 N–H and O–H groups in total. The van der Waals surface area contributed by atoms with Gasteiger partial charge >= 0.3 is 6.18 Å². The first-order valence-electron chi connectivity index (χ1n) is 9.77. The molecule has 0 bridgehead atoms. The minimum absolute atomic E-state index is 0.115. The minimum atomic E-state index is -4.42. The Hall–Kier alpha value is -3.20. The number of thiophene rings is 1. The summed E-state index contributed by atoms with van der Waals surface area (Å²) in [4.78, 5) is 20.6. The predicted molar refractivity (Wildman–Crippen MR) is 113 cm³/mol. The fraction of sp³-hybridized carbons (Fsp3) is 0.217. The third kappa shape index (κ3) is 5.16. The summed E-state index contributed by atoms with van der Waals surface area (Å²) in [5, 5.41) is 5.82. The zero-order valence-electron chi connectivity index (χ0n) is 16.7. The number of alkyl halides is 3. The molecular formula is C23H18F4N2O2S. The molecule has 2 aromatic carbocycles. The van der Waals surface area contributed by atoms with Crippen LogP contribution in [0.3, 0.4) is 0 Å². The number of oxime groups is 1. The Balaban J connectivity index is 1.49. The lowest BCUT2D eigenvalue weighted by Gasteiger charge is -2.24. The molecular weight excluding hydrogens is 444 g/mol. The van der Waals surface area contributed by atoms with Gasteiger partial charge in [0, 0.05) is 18.5 Å². The molecule has 1 amide bonds. The molecule has 1 atom stereocenters. The lowest BCUT2D eigenvalue weighted by molar-refractivity contribution is -0.137. The van der Waals surface area contributed by atoms with Crippen molar-refractivity contribution in [3.05, 3.63) is 93.4 Å². The predicted octanol–water partition coefficient (Wildman–Crippen LogP) is 5.74. The van der Waals surface area contributed by atoms with Gasteiger partial charge in [-0.3, -0.25) is 4.79 Å². The van der Waals surface area contributed by atoms with Crippen LogP contribution in [0.4, 0.5) is 17.6 Å². The van der Waals surface area contributed by atoms with Crippen molar-refractivity contribution in [2.24, 2.45) is 5.16 Å². The van der Waals surface area contributed by atoms with Gasteiger partial charge < -0.3 is 9.74 Å². The van der Waals surface area contributed by atoms with E-state index in [1.807, 2.05) is 0 Å². The standard InChI is InChI=1S/C23H18F4N2O2S/c24-18-4-1-3-16(11-18)20-12-19(31-28-20)14-29(22(30)21-5-2-10-32-21)13-15-6-8-17(9-7-15)23(25,26)27/h1-11,19H,12-14H2. The van der Waals surface area contributed by atoms with Crippen LogP contribution in [0.5, 0.6) is 0 Å². The fourth-order valence-electron chi connectivity index (χ4n) is 3.41. The number of rotatable bonds is 6. The van der Waals surface area contributed by atoms with Gasteiger partial charge in [-0.1, -0.05) is 35.5 Å². The van der Waals surface area contributed by atoms with Crippen LogP contribution < -0.4 is 0 Å². The van der Waals surface area contributed by atoms with Crippen molar-refractivity contribution < 1.29 is 27.2 Å². The molecule has 0 radical (unpaired) electrons. The Labute approximate surface area is 185 Å². The Morgan fingerprint density at radius 2 is 1.91 bits per heavy atom. The average molecular weight is 462 g/mol. The van der Waals surface area contributed by atoms with E-state index in [1.165, 1.54) is 40.5 Å². The topological polar surface area (TPSA) is 41.9 Å². The maximum Gasteiger partial charge on any atom is 0.416 e. The molecule has 0 saturated heterocycles. The number of halogens is 4. The molecule has 4 rings (SSSR count).